The van der Waals surface area contributed by atoms with Gasteiger partial charge in [-0.15, -0.1) is 0 Å². The molecule has 23 heavy (non-hydrogen) atoms. The molecule has 124 valence electrons. The van der Waals surface area contributed by atoms with Gasteiger partial charge in [-0.05, 0) is 47.0 Å². The molecule has 1 aromatic rings. The number of benzene rings is 1. The van der Waals surface area contributed by atoms with Gasteiger partial charge in [0.2, 0.25) is 0 Å². The fourth-order valence-electron chi connectivity index (χ4n) is 2.47. The van der Waals surface area contributed by atoms with Crippen molar-refractivity contribution in [2.45, 2.75) is 48.0 Å². The van der Waals surface area contributed by atoms with Crippen LogP contribution in [0.5, 0.6) is 0 Å². The Labute approximate surface area is 142 Å². The minimum Gasteiger partial charge on any atom is -0.308 e. The summed E-state index contributed by atoms with van der Waals surface area (Å²) in [7, 11) is 0. The van der Waals surface area contributed by atoms with Gasteiger partial charge in [-0.3, -0.25) is 0 Å². The van der Waals surface area contributed by atoms with Crippen LogP contribution < -0.4 is 0 Å². The Hall–Kier alpha value is -1.89. The minimum absolute atomic E-state index is 0.0208. The predicted molar refractivity (Wildman–Crippen MR) is 104 cm³/mol. The van der Waals surface area contributed by atoms with Crippen LogP contribution >= 0.6 is 0 Å². The first-order valence-corrected chi connectivity index (χ1v) is 8.43. The Morgan fingerprint density at radius 1 is 1.22 bits per heavy atom. The van der Waals surface area contributed by atoms with Gasteiger partial charge in [0.1, 0.15) is 0 Å². The lowest BCUT2D eigenvalue weighted by Crippen LogP contribution is -2.10. The lowest BCUT2D eigenvalue weighted by atomic mass is 9.86. The summed E-state index contributed by atoms with van der Waals surface area (Å²) in [4.78, 5) is 0. The molecule has 0 radical (unpaired) electrons. The van der Waals surface area contributed by atoms with Gasteiger partial charge in [0.25, 0.3) is 0 Å². The van der Waals surface area contributed by atoms with Crippen molar-refractivity contribution >= 4 is 11.8 Å². The molecule has 0 spiro atoms. The zero-order valence-corrected chi connectivity index (χ0v) is 15.5. The monoisotopic (exact) mass is 309 g/mol. The van der Waals surface area contributed by atoms with Crippen molar-refractivity contribution < 1.29 is 0 Å². The second-order valence-corrected chi connectivity index (χ2v) is 7.32. The van der Waals surface area contributed by atoms with E-state index in [0.29, 0.717) is 5.92 Å². The quantitative estimate of drug-likeness (QED) is 0.460. The molecular weight excluding hydrogens is 278 g/mol. The molecule has 0 aliphatic rings. The van der Waals surface area contributed by atoms with Crippen LogP contribution in [0.1, 0.15) is 52.7 Å². The van der Waals surface area contributed by atoms with Crippen molar-refractivity contribution in [3.63, 3.8) is 0 Å². The van der Waals surface area contributed by atoms with Crippen molar-refractivity contribution in [1.82, 2.24) is 0 Å². The first kappa shape index (κ1) is 19.2. The number of hydrogen-bond acceptors (Lipinski definition) is 1. The first-order valence-electron chi connectivity index (χ1n) is 8.43. The highest BCUT2D eigenvalue weighted by molar-refractivity contribution is 5.77. The highest BCUT2D eigenvalue weighted by Gasteiger charge is 2.14. The maximum Gasteiger partial charge on any atom is 0.0212 e. The van der Waals surface area contributed by atoms with Gasteiger partial charge in [0, 0.05) is 6.21 Å². The van der Waals surface area contributed by atoms with Crippen LogP contribution in [-0.4, -0.2) is 6.21 Å². The van der Waals surface area contributed by atoms with E-state index in [-0.39, 0.29) is 5.41 Å². The SMILES string of the molecule is C/C=C\C(=C/C(C)C)c1cccc(C/C=C(\C=N)C(C)(C)C)c1. The van der Waals surface area contributed by atoms with Gasteiger partial charge in [-0.1, -0.05) is 83.2 Å². The fourth-order valence-corrected chi connectivity index (χ4v) is 2.47. The number of nitrogens with one attached hydrogen (secondary N) is 1. The molecule has 0 saturated carbocycles. The molecule has 0 amide bonds. The lowest BCUT2D eigenvalue weighted by molar-refractivity contribution is 0.524. The Morgan fingerprint density at radius 2 is 1.91 bits per heavy atom. The third-order valence-corrected chi connectivity index (χ3v) is 3.70. The fraction of sp³-hybridized carbons (Fsp3) is 0.409. The van der Waals surface area contributed by atoms with Crippen molar-refractivity contribution in [3.8, 4) is 0 Å². The largest absolute Gasteiger partial charge is 0.308 e. The smallest absolute Gasteiger partial charge is 0.0212 e. The summed E-state index contributed by atoms with van der Waals surface area (Å²) in [6.07, 6.45) is 11.1. The van der Waals surface area contributed by atoms with Gasteiger partial charge >= 0.3 is 0 Å². The summed E-state index contributed by atoms with van der Waals surface area (Å²) in [5, 5.41) is 7.61. The molecule has 1 aromatic carbocycles. The number of rotatable bonds is 6. The summed E-state index contributed by atoms with van der Waals surface area (Å²) in [6, 6.07) is 8.71. The number of allylic oxidation sites excluding steroid dienone is 6. The zero-order chi connectivity index (χ0) is 17.5. The van der Waals surface area contributed by atoms with Gasteiger partial charge < -0.3 is 5.41 Å². The van der Waals surface area contributed by atoms with E-state index in [2.05, 4.69) is 90.1 Å². The summed E-state index contributed by atoms with van der Waals surface area (Å²) in [5.41, 5.74) is 4.92. The van der Waals surface area contributed by atoms with Crippen molar-refractivity contribution in [3.05, 3.63) is 65.3 Å². The van der Waals surface area contributed by atoms with Crippen molar-refractivity contribution in [1.29, 1.82) is 5.41 Å². The summed E-state index contributed by atoms with van der Waals surface area (Å²) >= 11 is 0. The van der Waals surface area contributed by atoms with Crippen LogP contribution in [0, 0.1) is 16.7 Å². The van der Waals surface area contributed by atoms with E-state index >= 15 is 0 Å². The molecular formula is C22H31N. The highest BCUT2D eigenvalue weighted by Crippen LogP contribution is 2.25. The van der Waals surface area contributed by atoms with Gasteiger partial charge in [-0.25, -0.2) is 0 Å². The molecule has 0 bridgehead atoms. The number of hydrogen-bond donors (Lipinski definition) is 1. The first-order chi connectivity index (χ1) is 10.8. The van der Waals surface area contributed by atoms with E-state index in [9.17, 15) is 0 Å². The Balaban J connectivity index is 3.09. The van der Waals surface area contributed by atoms with Gasteiger partial charge in [-0.2, -0.15) is 0 Å². The Kier molecular flexibility index (Phi) is 7.22. The van der Waals surface area contributed by atoms with E-state index in [4.69, 9.17) is 5.41 Å². The van der Waals surface area contributed by atoms with E-state index < -0.39 is 0 Å². The lowest BCUT2D eigenvalue weighted by Gasteiger charge is -2.19. The van der Waals surface area contributed by atoms with Crippen LogP contribution in [0.4, 0.5) is 0 Å². The van der Waals surface area contributed by atoms with E-state index in [0.717, 1.165) is 12.0 Å². The molecule has 0 heterocycles. The van der Waals surface area contributed by atoms with Crippen LogP contribution in [0.25, 0.3) is 5.57 Å². The van der Waals surface area contributed by atoms with Crippen LogP contribution in [0.2, 0.25) is 0 Å². The second kappa shape index (κ2) is 8.67. The van der Waals surface area contributed by atoms with Gasteiger partial charge in [0.15, 0.2) is 0 Å². The topological polar surface area (TPSA) is 23.9 Å². The minimum atomic E-state index is 0.0208. The molecule has 0 fully saturated rings. The van der Waals surface area contributed by atoms with Crippen LogP contribution in [0.3, 0.4) is 0 Å². The average Bonchev–Trinajstić information content (AvgIpc) is 2.46. The van der Waals surface area contributed by atoms with Crippen LogP contribution in [-0.2, 0) is 6.42 Å². The Morgan fingerprint density at radius 3 is 2.43 bits per heavy atom. The Bertz CT molecular complexity index is 607. The normalized spacial score (nSPS) is 13.9. The summed E-state index contributed by atoms with van der Waals surface area (Å²) < 4.78 is 0. The van der Waals surface area contributed by atoms with Gasteiger partial charge in [0.05, 0.1) is 0 Å². The molecule has 0 aromatic heterocycles. The molecule has 0 saturated heterocycles. The molecule has 1 rings (SSSR count). The molecule has 1 N–H and O–H groups in total. The summed E-state index contributed by atoms with van der Waals surface area (Å²) in [5.74, 6) is 0.523. The molecule has 0 atom stereocenters. The van der Waals surface area contributed by atoms with Crippen molar-refractivity contribution in [2.75, 3.05) is 0 Å². The maximum atomic E-state index is 7.61. The van der Waals surface area contributed by atoms with E-state index in [1.54, 1.807) is 0 Å². The third-order valence-electron chi connectivity index (χ3n) is 3.70. The second-order valence-electron chi connectivity index (χ2n) is 7.32. The highest BCUT2D eigenvalue weighted by atomic mass is 14.4. The van der Waals surface area contributed by atoms with E-state index in [1.165, 1.54) is 22.9 Å². The third kappa shape index (κ3) is 6.40. The molecule has 1 nitrogen and oxygen atoms in total. The standard InChI is InChI=1S/C22H31N/c1-7-9-19(14-17(2)3)20-11-8-10-18(15-20)12-13-21(16-23)22(4,5)6/h7-11,13-17,23H,12H2,1-6H3/b9-7-,19-14+,21-13+,23-16?. The van der Waals surface area contributed by atoms with Crippen molar-refractivity contribution in [2.24, 2.45) is 11.3 Å². The molecule has 1 heteroatoms. The molecule has 0 unspecified atom stereocenters. The average molecular weight is 309 g/mol. The van der Waals surface area contributed by atoms with Crippen LogP contribution in [0.15, 0.2) is 54.1 Å². The predicted octanol–water partition coefficient (Wildman–Crippen LogP) is 6.47. The van der Waals surface area contributed by atoms with E-state index in [1.807, 2.05) is 0 Å². The molecule has 0 aliphatic carbocycles. The maximum absolute atomic E-state index is 7.61. The summed E-state index contributed by atoms with van der Waals surface area (Å²) in [6.45, 7) is 12.9. The zero-order valence-electron chi connectivity index (χ0n) is 15.5. The molecule has 0 aliphatic heterocycles.